The number of halogens is 1. The first-order chi connectivity index (χ1) is 10.2. The Kier molecular flexibility index (Phi) is 4.48. The zero-order valence-electron chi connectivity index (χ0n) is 12.3. The van der Waals surface area contributed by atoms with Crippen LogP contribution in [0.1, 0.15) is 19.3 Å². The van der Waals surface area contributed by atoms with Crippen LogP contribution in [0.4, 0.5) is 5.69 Å². The van der Waals surface area contributed by atoms with Crippen LogP contribution < -0.4 is 4.90 Å². The van der Waals surface area contributed by atoms with Gasteiger partial charge in [0.15, 0.2) is 0 Å². The highest BCUT2D eigenvalue weighted by molar-refractivity contribution is 6.33. The number of amides is 1. The lowest BCUT2D eigenvalue weighted by Crippen LogP contribution is -2.43. The molecule has 5 heteroatoms. The highest BCUT2D eigenvalue weighted by Gasteiger charge is 2.36. The number of carbonyl (C=O) groups excluding carboxylic acids is 1. The zero-order chi connectivity index (χ0) is 14.8. The second-order valence-electron chi connectivity index (χ2n) is 5.82. The quantitative estimate of drug-likeness (QED) is 0.857. The van der Waals surface area contributed by atoms with Gasteiger partial charge in [0.05, 0.1) is 22.9 Å². The van der Waals surface area contributed by atoms with Gasteiger partial charge in [-0.25, -0.2) is 0 Å². The predicted octanol–water partition coefficient (Wildman–Crippen LogP) is 2.56. The third-order valence-corrected chi connectivity index (χ3v) is 4.69. The maximum Gasteiger partial charge on any atom is 0.244 e. The predicted molar refractivity (Wildman–Crippen MR) is 83.8 cm³/mol. The highest BCUT2D eigenvalue weighted by atomic mass is 35.5. The number of ether oxygens (including phenoxy) is 1. The molecular formula is C16H21ClN2O2. The number of hydrogen-bond acceptors (Lipinski definition) is 3. The van der Waals surface area contributed by atoms with Crippen molar-refractivity contribution in [2.24, 2.45) is 0 Å². The Morgan fingerprint density at radius 1 is 1.38 bits per heavy atom. The molecule has 2 heterocycles. The fourth-order valence-corrected chi connectivity index (χ4v) is 3.46. The van der Waals surface area contributed by atoms with E-state index in [9.17, 15) is 4.79 Å². The Hall–Kier alpha value is -1.10. The van der Waals surface area contributed by atoms with Crippen molar-refractivity contribution in [3.8, 4) is 0 Å². The summed E-state index contributed by atoms with van der Waals surface area (Å²) < 4.78 is 5.66. The molecule has 0 spiro atoms. The molecule has 0 aliphatic carbocycles. The van der Waals surface area contributed by atoms with Crippen molar-refractivity contribution in [3.05, 3.63) is 29.3 Å². The molecule has 0 aromatic heterocycles. The van der Waals surface area contributed by atoms with E-state index in [0.29, 0.717) is 5.02 Å². The molecule has 1 aromatic rings. The van der Waals surface area contributed by atoms with E-state index in [2.05, 4.69) is 4.90 Å². The van der Waals surface area contributed by atoms with Crippen molar-refractivity contribution in [2.75, 3.05) is 31.6 Å². The number of benzene rings is 1. The molecule has 0 saturated carbocycles. The van der Waals surface area contributed by atoms with Crippen LogP contribution >= 0.6 is 11.6 Å². The Balaban J connectivity index is 1.67. The molecule has 0 N–H and O–H groups in total. The van der Waals surface area contributed by atoms with Gasteiger partial charge < -0.3 is 9.64 Å². The fraction of sp³-hybridized carbons (Fsp3) is 0.562. The van der Waals surface area contributed by atoms with Crippen LogP contribution in [0.2, 0.25) is 5.02 Å². The first kappa shape index (κ1) is 14.8. The number of likely N-dealkylation sites (N-methyl/N-ethyl adjacent to an activating group) is 1. The van der Waals surface area contributed by atoms with Crippen molar-refractivity contribution >= 4 is 23.2 Å². The van der Waals surface area contributed by atoms with Gasteiger partial charge >= 0.3 is 0 Å². The number of nitrogens with zero attached hydrogens (tertiary/aromatic N) is 2. The van der Waals surface area contributed by atoms with Crippen molar-refractivity contribution in [1.82, 2.24) is 4.90 Å². The Morgan fingerprint density at radius 2 is 2.19 bits per heavy atom. The van der Waals surface area contributed by atoms with Crippen molar-refractivity contribution in [1.29, 1.82) is 0 Å². The molecule has 2 aliphatic heterocycles. The number of carbonyl (C=O) groups is 1. The minimum Gasteiger partial charge on any atom is -0.377 e. The molecule has 2 fully saturated rings. The van der Waals surface area contributed by atoms with Crippen LogP contribution in [0, 0.1) is 0 Å². The summed E-state index contributed by atoms with van der Waals surface area (Å²) in [7, 11) is 2.01. The maximum absolute atomic E-state index is 12.7. The molecule has 1 amide bonds. The molecule has 2 saturated heterocycles. The summed E-state index contributed by atoms with van der Waals surface area (Å²) >= 11 is 6.21. The van der Waals surface area contributed by atoms with Crippen LogP contribution in [-0.2, 0) is 9.53 Å². The average Bonchev–Trinajstić information content (AvgIpc) is 3.09. The molecule has 3 rings (SSSR count). The van der Waals surface area contributed by atoms with Crippen molar-refractivity contribution in [3.63, 3.8) is 0 Å². The minimum atomic E-state index is -0.0644. The van der Waals surface area contributed by atoms with Crippen molar-refractivity contribution < 1.29 is 9.53 Å². The van der Waals surface area contributed by atoms with E-state index in [1.807, 2.05) is 31.3 Å². The summed E-state index contributed by atoms with van der Waals surface area (Å²) in [5, 5.41) is 0.633. The lowest BCUT2D eigenvalue weighted by molar-refractivity contribution is -0.121. The van der Waals surface area contributed by atoms with E-state index in [4.69, 9.17) is 16.3 Å². The first-order valence-electron chi connectivity index (χ1n) is 7.54. The average molecular weight is 309 g/mol. The standard InChI is InChI=1S/C16H21ClN2O2/c1-18(11-12-5-4-10-21-12)15-8-9-19(16(15)20)14-7-3-2-6-13(14)17/h2-3,6-7,12,15H,4-5,8-11H2,1H3/t12-,15+/m0/s1. The van der Waals surface area contributed by atoms with Crippen molar-refractivity contribution in [2.45, 2.75) is 31.4 Å². The summed E-state index contributed by atoms with van der Waals surface area (Å²) in [4.78, 5) is 16.6. The molecule has 2 aliphatic rings. The van der Waals surface area contributed by atoms with Crippen LogP contribution in [0.15, 0.2) is 24.3 Å². The normalized spacial score (nSPS) is 26.0. The van der Waals surface area contributed by atoms with Gasteiger partial charge in [0.1, 0.15) is 0 Å². The molecule has 2 atom stereocenters. The SMILES string of the molecule is CN(C[C@@H]1CCCO1)[C@@H]1CCN(c2ccccc2Cl)C1=O. The smallest absolute Gasteiger partial charge is 0.244 e. The summed E-state index contributed by atoms with van der Waals surface area (Å²) in [5.74, 6) is 0.142. The van der Waals surface area contributed by atoms with Gasteiger partial charge in [0, 0.05) is 19.7 Å². The van der Waals surface area contributed by atoms with Gasteiger partial charge in [-0.05, 0) is 38.4 Å². The van der Waals surface area contributed by atoms with E-state index in [1.54, 1.807) is 4.90 Å². The van der Waals surface area contributed by atoms with Crippen LogP contribution in [0.3, 0.4) is 0 Å². The van der Waals surface area contributed by atoms with Gasteiger partial charge in [-0.1, -0.05) is 23.7 Å². The first-order valence-corrected chi connectivity index (χ1v) is 7.92. The van der Waals surface area contributed by atoms with Crippen LogP contribution in [-0.4, -0.2) is 49.7 Å². The summed E-state index contributed by atoms with van der Waals surface area (Å²) in [6.07, 6.45) is 3.34. The second-order valence-corrected chi connectivity index (χ2v) is 6.23. The van der Waals surface area contributed by atoms with Gasteiger partial charge in [-0.15, -0.1) is 0 Å². The monoisotopic (exact) mass is 308 g/mol. The summed E-state index contributed by atoms with van der Waals surface area (Å²) in [5.41, 5.74) is 0.817. The lowest BCUT2D eigenvalue weighted by atomic mass is 10.2. The molecule has 0 radical (unpaired) electrons. The highest BCUT2D eigenvalue weighted by Crippen LogP contribution is 2.30. The van der Waals surface area contributed by atoms with E-state index < -0.39 is 0 Å². The third kappa shape index (κ3) is 3.07. The molecule has 114 valence electrons. The van der Waals surface area contributed by atoms with E-state index >= 15 is 0 Å². The minimum absolute atomic E-state index is 0.0644. The number of rotatable bonds is 4. The van der Waals surface area contributed by atoms with Gasteiger partial charge in [0.2, 0.25) is 5.91 Å². The van der Waals surface area contributed by atoms with Gasteiger partial charge in [-0.2, -0.15) is 0 Å². The van der Waals surface area contributed by atoms with E-state index in [-0.39, 0.29) is 18.1 Å². The molecule has 0 bridgehead atoms. The Labute approximate surface area is 130 Å². The molecular weight excluding hydrogens is 288 g/mol. The van der Waals surface area contributed by atoms with Gasteiger partial charge in [0.25, 0.3) is 0 Å². The second kappa shape index (κ2) is 6.34. The summed E-state index contributed by atoms with van der Waals surface area (Å²) in [6, 6.07) is 7.46. The topological polar surface area (TPSA) is 32.8 Å². The van der Waals surface area contributed by atoms with Crippen LogP contribution in [0.5, 0.6) is 0 Å². The van der Waals surface area contributed by atoms with E-state index in [1.165, 1.54) is 0 Å². The lowest BCUT2D eigenvalue weighted by Gasteiger charge is -2.26. The zero-order valence-corrected chi connectivity index (χ0v) is 13.1. The van der Waals surface area contributed by atoms with Crippen LogP contribution in [0.25, 0.3) is 0 Å². The Bertz CT molecular complexity index is 517. The summed E-state index contributed by atoms with van der Waals surface area (Å²) in [6.45, 7) is 2.40. The molecule has 4 nitrogen and oxygen atoms in total. The number of anilines is 1. The fourth-order valence-electron chi connectivity index (χ4n) is 3.22. The maximum atomic E-state index is 12.7. The number of hydrogen-bond donors (Lipinski definition) is 0. The molecule has 1 aromatic carbocycles. The van der Waals surface area contributed by atoms with Gasteiger partial charge in [-0.3, -0.25) is 9.69 Å². The van der Waals surface area contributed by atoms with E-state index in [0.717, 1.165) is 44.6 Å². The Morgan fingerprint density at radius 3 is 2.90 bits per heavy atom. The largest absolute Gasteiger partial charge is 0.377 e. The number of para-hydroxylation sites is 1. The molecule has 21 heavy (non-hydrogen) atoms. The third-order valence-electron chi connectivity index (χ3n) is 4.37. The molecule has 0 unspecified atom stereocenters.